The van der Waals surface area contributed by atoms with E-state index < -0.39 is 0 Å². The summed E-state index contributed by atoms with van der Waals surface area (Å²) < 4.78 is 5.66. The number of amides is 1. The fraction of sp³-hybridized carbons (Fsp3) is 0.381. The molecule has 6 heteroatoms. The largest absolute Gasteiger partial charge is 0.508 e. The summed E-state index contributed by atoms with van der Waals surface area (Å²) >= 11 is 0. The Morgan fingerprint density at radius 1 is 1.07 bits per heavy atom. The van der Waals surface area contributed by atoms with E-state index in [4.69, 9.17) is 4.74 Å². The van der Waals surface area contributed by atoms with Crippen LogP contribution in [0.3, 0.4) is 0 Å². The van der Waals surface area contributed by atoms with Gasteiger partial charge in [0.15, 0.2) is 0 Å². The van der Waals surface area contributed by atoms with Crippen molar-refractivity contribution in [2.45, 2.75) is 12.8 Å². The molecule has 0 bridgehead atoms. The minimum atomic E-state index is -0.0370. The molecule has 2 heterocycles. The molecule has 1 fully saturated rings. The zero-order chi connectivity index (χ0) is 18.8. The molecule has 6 nitrogen and oxygen atoms in total. The highest BCUT2D eigenvalue weighted by atomic mass is 16.5. The topological polar surface area (TPSA) is 65.0 Å². The Kier molecular flexibility index (Phi) is 4.90. The Bertz CT molecular complexity index is 845. The maximum absolute atomic E-state index is 12.9. The summed E-state index contributed by atoms with van der Waals surface area (Å²) in [7, 11) is 1.68. The number of nitrogens with zero attached hydrogens (tertiary/aromatic N) is 2. The first-order valence-corrected chi connectivity index (χ1v) is 9.45. The first-order chi connectivity index (χ1) is 13.2. The Balaban J connectivity index is 1.62. The standard InChI is InChI=1S/C21H25N3O3/c1-27-20-14-16(3-6-19(20)23-10-2-8-22-9-12-23)24-11-7-15-13-17(25)4-5-18(15)21(24)26/h3-6,13-14,22,25H,2,7-12H2,1H3. The summed E-state index contributed by atoms with van der Waals surface area (Å²) in [4.78, 5) is 17.1. The summed E-state index contributed by atoms with van der Waals surface area (Å²) in [5.74, 6) is 0.955. The minimum absolute atomic E-state index is 0.0370. The van der Waals surface area contributed by atoms with Crippen LogP contribution in [0.4, 0.5) is 11.4 Å². The lowest BCUT2D eigenvalue weighted by atomic mass is 9.98. The fourth-order valence-corrected chi connectivity index (χ4v) is 3.90. The number of anilines is 2. The molecule has 0 radical (unpaired) electrons. The first kappa shape index (κ1) is 17.7. The third-order valence-corrected chi connectivity index (χ3v) is 5.32. The first-order valence-electron chi connectivity index (χ1n) is 9.45. The van der Waals surface area contributed by atoms with E-state index in [1.807, 2.05) is 12.1 Å². The van der Waals surface area contributed by atoms with Gasteiger partial charge in [-0.25, -0.2) is 0 Å². The quantitative estimate of drug-likeness (QED) is 0.872. The summed E-state index contributed by atoms with van der Waals surface area (Å²) in [6.07, 6.45) is 1.82. The van der Waals surface area contributed by atoms with Gasteiger partial charge in [0.2, 0.25) is 0 Å². The number of phenols is 1. The monoisotopic (exact) mass is 367 g/mol. The van der Waals surface area contributed by atoms with Gasteiger partial charge in [-0.1, -0.05) is 0 Å². The zero-order valence-electron chi connectivity index (χ0n) is 15.6. The second-order valence-electron chi connectivity index (χ2n) is 6.99. The van der Waals surface area contributed by atoms with E-state index in [-0.39, 0.29) is 11.7 Å². The van der Waals surface area contributed by atoms with Crippen LogP contribution in [0.25, 0.3) is 0 Å². The van der Waals surface area contributed by atoms with Crippen LogP contribution in [0, 0.1) is 0 Å². The van der Waals surface area contributed by atoms with E-state index in [1.165, 1.54) is 0 Å². The van der Waals surface area contributed by atoms with Crippen molar-refractivity contribution >= 4 is 17.3 Å². The Morgan fingerprint density at radius 3 is 2.81 bits per heavy atom. The molecular formula is C21H25N3O3. The van der Waals surface area contributed by atoms with Crippen LogP contribution in [0.1, 0.15) is 22.3 Å². The number of rotatable bonds is 3. The maximum Gasteiger partial charge on any atom is 0.258 e. The summed E-state index contributed by atoms with van der Waals surface area (Å²) in [6, 6.07) is 11.0. The van der Waals surface area contributed by atoms with Crippen LogP contribution < -0.4 is 19.9 Å². The van der Waals surface area contributed by atoms with E-state index in [0.717, 1.165) is 61.7 Å². The van der Waals surface area contributed by atoms with Crippen LogP contribution in [0.2, 0.25) is 0 Å². The van der Waals surface area contributed by atoms with Crippen LogP contribution in [0.15, 0.2) is 36.4 Å². The number of nitrogens with one attached hydrogen (secondary N) is 1. The van der Waals surface area contributed by atoms with Crippen molar-refractivity contribution in [3.63, 3.8) is 0 Å². The zero-order valence-corrected chi connectivity index (χ0v) is 15.6. The molecule has 142 valence electrons. The molecule has 0 saturated carbocycles. The molecule has 2 aromatic rings. The van der Waals surface area contributed by atoms with Crippen LogP contribution in [-0.4, -0.2) is 50.8 Å². The number of phenolic OH excluding ortho intramolecular Hbond substituents is 1. The third-order valence-electron chi connectivity index (χ3n) is 5.32. The van der Waals surface area contributed by atoms with Gasteiger partial charge in [0.25, 0.3) is 5.91 Å². The van der Waals surface area contributed by atoms with Gasteiger partial charge < -0.3 is 25.0 Å². The van der Waals surface area contributed by atoms with E-state index >= 15 is 0 Å². The predicted octanol–water partition coefficient (Wildman–Crippen LogP) is 2.40. The van der Waals surface area contributed by atoms with Gasteiger partial charge in [-0.3, -0.25) is 4.79 Å². The van der Waals surface area contributed by atoms with E-state index in [0.29, 0.717) is 12.1 Å². The smallest absolute Gasteiger partial charge is 0.258 e. The Morgan fingerprint density at radius 2 is 1.96 bits per heavy atom. The molecule has 1 amide bonds. The minimum Gasteiger partial charge on any atom is -0.508 e. The summed E-state index contributed by atoms with van der Waals surface area (Å²) in [5, 5.41) is 13.1. The summed E-state index contributed by atoms with van der Waals surface area (Å²) in [5.41, 5.74) is 3.46. The van der Waals surface area contributed by atoms with Crippen molar-refractivity contribution in [1.82, 2.24) is 5.32 Å². The number of carbonyl (C=O) groups excluding carboxylic acids is 1. The van der Waals surface area contributed by atoms with Crippen molar-refractivity contribution < 1.29 is 14.6 Å². The van der Waals surface area contributed by atoms with Crippen molar-refractivity contribution in [3.05, 3.63) is 47.5 Å². The van der Waals surface area contributed by atoms with Crippen molar-refractivity contribution in [1.29, 1.82) is 0 Å². The van der Waals surface area contributed by atoms with E-state index in [9.17, 15) is 9.90 Å². The van der Waals surface area contributed by atoms with Crippen LogP contribution in [-0.2, 0) is 6.42 Å². The Labute approximate surface area is 159 Å². The average Bonchev–Trinajstić information content (AvgIpc) is 2.97. The van der Waals surface area contributed by atoms with Gasteiger partial charge in [0.05, 0.1) is 12.8 Å². The number of benzene rings is 2. The number of carbonyl (C=O) groups is 1. The van der Waals surface area contributed by atoms with Gasteiger partial charge in [-0.2, -0.15) is 0 Å². The number of hydrogen-bond donors (Lipinski definition) is 2. The highest BCUT2D eigenvalue weighted by molar-refractivity contribution is 6.08. The average molecular weight is 367 g/mol. The van der Waals surface area contributed by atoms with Gasteiger partial charge in [-0.15, -0.1) is 0 Å². The van der Waals surface area contributed by atoms with Gasteiger partial charge in [0, 0.05) is 43.5 Å². The Hall–Kier alpha value is -2.73. The number of hydrogen-bond acceptors (Lipinski definition) is 5. The number of methoxy groups -OCH3 is 1. The molecule has 0 aromatic heterocycles. The van der Waals surface area contributed by atoms with Gasteiger partial charge in [-0.05, 0) is 55.3 Å². The molecule has 1 saturated heterocycles. The SMILES string of the molecule is COc1cc(N2CCc3cc(O)ccc3C2=O)ccc1N1CCCNCC1. The van der Waals surface area contributed by atoms with E-state index in [1.54, 1.807) is 30.2 Å². The molecule has 0 spiro atoms. The van der Waals surface area contributed by atoms with E-state index in [2.05, 4.69) is 16.3 Å². The van der Waals surface area contributed by atoms with Gasteiger partial charge in [0.1, 0.15) is 11.5 Å². The molecule has 2 aliphatic heterocycles. The lowest BCUT2D eigenvalue weighted by Gasteiger charge is -2.30. The van der Waals surface area contributed by atoms with Crippen LogP contribution in [0.5, 0.6) is 11.5 Å². The third kappa shape index (κ3) is 3.45. The highest BCUT2D eigenvalue weighted by Gasteiger charge is 2.26. The second-order valence-corrected chi connectivity index (χ2v) is 6.99. The molecule has 2 aliphatic rings. The number of aromatic hydroxyl groups is 1. The number of fused-ring (bicyclic) bond motifs is 1. The normalized spacial score (nSPS) is 17.4. The van der Waals surface area contributed by atoms with Gasteiger partial charge >= 0.3 is 0 Å². The molecule has 2 aromatic carbocycles. The molecule has 0 atom stereocenters. The molecule has 2 N–H and O–H groups in total. The molecule has 27 heavy (non-hydrogen) atoms. The van der Waals surface area contributed by atoms with Crippen LogP contribution >= 0.6 is 0 Å². The molecule has 0 unspecified atom stereocenters. The lowest BCUT2D eigenvalue weighted by Crippen LogP contribution is -2.37. The highest BCUT2D eigenvalue weighted by Crippen LogP contribution is 2.35. The maximum atomic E-state index is 12.9. The fourth-order valence-electron chi connectivity index (χ4n) is 3.90. The van der Waals surface area contributed by atoms with Crippen molar-refractivity contribution in [3.8, 4) is 11.5 Å². The lowest BCUT2D eigenvalue weighted by molar-refractivity contribution is 0.0980. The molecule has 0 aliphatic carbocycles. The number of ether oxygens (including phenoxy) is 1. The molecule has 4 rings (SSSR count). The van der Waals surface area contributed by atoms with Crippen molar-refractivity contribution in [2.24, 2.45) is 0 Å². The second kappa shape index (κ2) is 7.48. The molecular weight excluding hydrogens is 342 g/mol. The van der Waals surface area contributed by atoms with Crippen molar-refractivity contribution in [2.75, 3.05) is 49.6 Å². The summed E-state index contributed by atoms with van der Waals surface area (Å²) in [6.45, 7) is 4.51. The predicted molar refractivity (Wildman–Crippen MR) is 106 cm³/mol.